The van der Waals surface area contributed by atoms with Crippen molar-refractivity contribution in [2.24, 2.45) is 4.99 Å². The molecule has 0 radical (unpaired) electrons. The van der Waals surface area contributed by atoms with E-state index < -0.39 is 0 Å². The summed E-state index contributed by atoms with van der Waals surface area (Å²) in [5, 5.41) is 12.2. The molecule has 2 heterocycles. The van der Waals surface area contributed by atoms with E-state index in [0.29, 0.717) is 5.84 Å². The standard InChI is InChI=1S/C14H11N3OS/c18-17-14(12-7-3-9-19-12)16-11-6-1-4-10-5-2-8-15-13(10)11/h1-9,18H,(H,16,17). The van der Waals surface area contributed by atoms with Crippen molar-refractivity contribution in [1.29, 1.82) is 0 Å². The summed E-state index contributed by atoms with van der Waals surface area (Å²) in [6, 6.07) is 13.5. The Hall–Kier alpha value is -2.24. The Morgan fingerprint density at radius 3 is 2.84 bits per heavy atom. The zero-order chi connectivity index (χ0) is 13.1. The highest BCUT2D eigenvalue weighted by Crippen LogP contribution is 2.24. The summed E-state index contributed by atoms with van der Waals surface area (Å²) in [6.45, 7) is 0. The zero-order valence-corrected chi connectivity index (χ0v) is 10.8. The molecule has 0 bridgehead atoms. The van der Waals surface area contributed by atoms with Crippen molar-refractivity contribution in [2.75, 3.05) is 0 Å². The molecule has 0 fully saturated rings. The fourth-order valence-corrected chi connectivity index (χ4v) is 2.51. The molecule has 0 aliphatic carbocycles. The number of nitrogens with zero attached hydrogens (tertiary/aromatic N) is 2. The number of thiophene rings is 1. The van der Waals surface area contributed by atoms with Gasteiger partial charge in [-0.25, -0.2) is 4.99 Å². The van der Waals surface area contributed by atoms with Crippen molar-refractivity contribution in [3.8, 4) is 0 Å². The number of para-hydroxylation sites is 1. The molecule has 4 nitrogen and oxygen atoms in total. The van der Waals surface area contributed by atoms with E-state index in [-0.39, 0.29) is 0 Å². The van der Waals surface area contributed by atoms with Gasteiger partial charge in [0.15, 0.2) is 5.84 Å². The number of nitrogens with one attached hydrogen (secondary N) is 1. The molecule has 19 heavy (non-hydrogen) atoms. The lowest BCUT2D eigenvalue weighted by molar-refractivity contribution is 0.235. The number of aliphatic imine (C=N–C) groups is 1. The highest BCUT2D eigenvalue weighted by Gasteiger charge is 2.06. The molecule has 3 aromatic rings. The Morgan fingerprint density at radius 2 is 2.05 bits per heavy atom. The molecule has 3 rings (SSSR count). The van der Waals surface area contributed by atoms with Crippen LogP contribution < -0.4 is 5.48 Å². The quantitative estimate of drug-likeness (QED) is 0.426. The molecule has 0 unspecified atom stereocenters. The summed E-state index contributed by atoms with van der Waals surface area (Å²) in [6.07, 6.45) is 1.73. The Labute approximate surface area is 114 Å². The monoisotopic (exact) mass is 269 g/mol. The zero-order valence-electron chi connectivity index (χ0n) is 9.95. The van der Waals surface area contributed by atoms with Gasteiger partial charge in [-0.1, -0.05) is 24.3 Å². The van der Waals surface area contributed by atoms with Crippen molar-refractivity contribution >= 4 is 33.8 Å². The van der Waals surface area contributed by atoms with E-state index in [9.17, 15) is 5.21 Å². The van der Waals surface area contributed by atoms with Crippen LogP contribution in [-0.4, -0.2) is 16.0 Å². The second-order valence-corrected chi connectivity index (χ2v) is 4.85. The van der Waals surface area contributed by atoms with E-state index in [1.54, 1.807) is 6.20 Å². The summed E-state index contributed by atoms with van der Waals surface area (Å²) < 4.78 is 0. The number of hydrogen-bond donors (Lipinski definition) is 2. The first-order chi connectivity index (χ1) is 9.38. The average Bonchev–Trinajstić information content (AvgIpc) is 2.99. The topological polar surface area (TPSA) is 57.5 Å². The smallest absolute Gasteiger partial charge is 0.167 e. The predicted molar refractivity (Wildman–Crippen MR) is 77.2 cm³/mol. The second-order valence-electron chi connectivity index (χ2n) is 3.90. The Morgan fingerprint density at radius 1 is 1.16 bits per heavy atom. The van der Waals surface area contributed by atoms with Gasteiger partial charge in [0, 0.05) is 11.6 Å². The molecule has 94 valence electrons. The third kappa shape index (κ3) is 2.33. The molecule has 0 aliphatic heterocycles. The van der Waals surface area contributed by atoms with Crippen LogP contribution in [-0.2, 0) is 0 Å². The lowest BCUT2D eigenvalue weighted by Gasteiger charge is -2.04. The third-order valence-corrected chi connectivity index (χ3v) is 3.58. The van der Waals surface area contributed by atoms with Crippen molar-refractivity contribution in [1.82, 2.24) is 10.5 Å². The largest absolute Gasteiger partial charge is 0.290 e. The number of fused-ring (bicyclic) bond motifs is 1. The summed E-state index contributed by atoms with van der Waals surface area (Å²) in [5.41, 5.74) is 3.69. The molecule has 2 aromatic heterocycles. The Bertz CT molecular complexity index is 717. The van der Waals surface area contributed by atoms with Crippen LogP contribution in [0.15, 0.2) is 59.0 Å². The minimum absolute atomic E-state index is 0.424. The molecule has 0 saturated carbocycles. The van der Waals surface area contributed by atoms with E-state index in [1.165, 1.54) is 11.3 Å². The predicted octanol–water partition coefficient (Wildman–Crippen LogP) is 3.35. The Kier molecular flexibility index (Phi) is 3.22. The highest BCUT2D eigenvalue weighted by molar-refractivity contribution is 7.12. The molecule has 0 atom stereocenters. The molecule has 0 saturated heterocycles. The van der Waals surface area contributed by atoms with Crippen LogP contribution in [0.3, 0.4) is 0 Å². The van der Waals surface area contributed by atoms with Gasteiger partial charge >= 0.3 is 0 Å². The van der Waals surface area contributed by atoms with Gasteiger partial charge in [0.2, 0.25) is 0 Å². The SMILES string of the molecule is ONC(=Nc1cccc2cccnc12)c1cccs1. The number of amidine groups is 1. The molecule has 1 aromatic carbocycles. The third-order valence-electron chi connectivity index (χ3n) is 2.70. The Balaban J connectivity index is 2.14. The number of pyridine rings is 1. The van der Waals surface area contributed by atoms with Gasteiger partial charge in [0.1, 0.15) is 0 Å². The van der Waals surface area contributed by atoms with Gasteiger partial charge < -0.3 is 0 Å². The van der Waals surface area contributed by atoms with Crippen LogP contribution in [0.25, 0.3) is 10.9 Å². The minimum atomic E-state index is 0.424. The number of aromatic nitrogens is 1. The normalized spacial score (nSPS) is 11.7. The lowest BCUT2D eigenvalue weighted by Crippen LogP contribution is -2.18. The summed E-state index contributed by atoms with van der Waals surface area (Å²) in [5.74, 6) is 0.424. The van der Waals surface area contributed by atoms with Crippen LogP contribution in [0, 0.1) is 0 Å². The van der Waals surface area contributed by atoms with Gasteiger partial charge in [0.05, 0.1) is 16.1 Å². The average molecular weight is 269 g/mol. The summed E-state index contributed by atoms with van der Waals surface area (Å²) >= 11 is 1.51. The van der Waals surface area contributed by atoms with Gasteiger partial charge in [-0.2, -0.15) is 0 Å². The fourth-order valence-electron chi connectivity index (χ4n) is 1.85. The lowest BCUT2D eigenvalue weighted by atomic mass is 10.2. The molecule has 0 spiro atoms. The van der Waals surface area contributed by atoms with E-state index in [2.05, 4.69) is 15.5 Å². The molecular formula is C14H11N3OS. The summed E-state index contributed by atoms with van der Waals surface area (Å²) in [4.78, 5) is 9.66. The van der Waals surface area contributed by atoms with E-state index in [1.807, 2.05) is 47.8 Å². The van der Waals surface area contributed by atoms with Gasteiger partial charge in [-0.3, -0.25) is 15.7 Å². The van der Waals surface area contributed by atoms with Crippen LogP contribution in [0.2, 0.25) is 0 Å². The molecule has 2 N–H and O–H groups in total. The molecular weight excluding hydrogens is 258 g/mol. The first-order valence-corrected chi connectivity index (χ1v) is 6.63. The first kappa shape index (κ1) is 11.8. The van der Waals surface area contributed by atoms with Crippen molar-refractivity contribution in [3.63, 3.8) is 0 Å². The minimum Gasteiger partial charge on any atom is -0.290 e. The van der Waals surface area contributed by atoms with E-state index in [4.69, 9.17) is 0 Å². The fraction of sp³-hybridized carbons (Fsp3) is 0. The molecule has 0 amide bonds. The number of benzene rings is 1. The summed E-state index contributed by atoms with van der Waals surface area (Å²) in [7, 11) is 0. The van der Waals surface area contributed by atoms with Crippen molar-refractivity contribution < 1.29 is 5.21 Å². The maximum absolute atomic E-state index is 9.24. The molecule has 0 aliphatic rings. The van der Waals surface area contributed by atoms with Crippen molar-refractivity contribution in [3.05, 3.63) is 58.9 Å². The van der Waals surface area contributed by atoms with Crippen LogP contribution in [0.4, 0.5) is 5.69 Å². The number of hydrogen-bond acceptors (Lipinski definition) is 4. The van der Waals surface area contributed by atoms with E-state index >= 15 is 0 Å². The van der Waals surface area contributed by atoms with Crippen LogP contribution in [0.5, 0.6) is 0 Å². The first-order valence-electron chi connectivity index (χ1n) is 5.75. The number of hydroxylamine groups is 1. The van der Waals surface area contributed by atoms with Crippen LogP contribution in [0.1, 0.15) is 4.88 Å². The van der Waals surface area contributed by atoms with Gasteiger partial charge in [-0.15, -0.1) is 11.3 Å². The van der Waals surface area contributed by atoms with E-state index in [0.717, 1.165) is 21.5 Å². The van der Waals surface area contributed by atoms with Crippen molar-refractivity contribution in [2.45, 2.75) is 0 Å². The van der Waals surface area contributed by atoms with Crippen LogP contribution >= 0.6 is 11.3 Å². The highest BCUT2D eigenvalue weighted by atomic mass is 32.1. The van der Waals surface area contributed by atoms with Gasteiger partial charge in [0.25, 0.3) is 0 Å². The van der Waals surface area contributed by atoms with Gasteiger partial charge in [-0.05, 0) is 23.6 Å². The second kappa shape index (κ2) is 5.17. The maximum atomic E-state index is 9.24. The number of rotatable bonds is 2. The maximum Gasteiger partial charge on any atom is 0.167 e. The molecule has 5 heteroatoms.